The van der Waals surface area contributed by atoms with Crippen molar-refractivity contribution in [3.63, 3.8) is 0 Å². The van der Waals surface area contributed by atoms with E-state index in [9.17, 15) is 22.4 Å². The van der Waals surface area contributed by atoms with Gasteiger partial charge in [-0.2, -0.15) is 9.57 Å². The van der Waals surface area contributed by atoms with Gasteiger partial charge in [-0.1, -0.05) is 12.1 Å². The standard InChI is InChI=1S/C27H32FN5O4S/c1-38(36,37)33-15-13-32(14-16-33)27(35)24(31-26(34)21-6-4-19(18-29)5-7-21)3-2-12-30-25-17-23(25)20-8-10-22(28)11-9-20/h4-11,23-25,30H,2-3,12-17H2,1H3,(H,31,34)/t23-,24-,25+/m0/s1. The fourth-order valence-electron chi connectivity index (χ4n) is 4.75. The molecule has 1 aliphatic carbocycles. The second kappa shape index (κ2) is 12.0. The summed E-state index contributed by atoms with van der Waals surface area (Å²) in [6.45, 7) is 1.61. The molecule has 2 amide bonds. The van der Waals surface area contributed by atoms with Crippen LogP contribution < -0.4 is 10.6 Å². The number of hydrogen-bond donors (Lipinski definition) is 2. The maximum absolute atomic E-state index is 13.4. The quantitative estimate of drug-likeness (QED) is 0.443. The Hall–Kier alpha value is -3.33. The highest BCUT2D eigenvalue weighted by molar-refractivity contribution is 7.88. The normalized spacial score (nSPS) is 20.4. The van der Waals surface area contributed by atoms with Gasteiger partial charge >= 0.3 is 0 Å². The zero-order valence-electron chi connectivity index (χ0n) is 21.3. The van der Waals surface area contributed by atoms with E-state index < -0.39 is 22.0 Å². The van der Waals surface area contributed by atoms with Crippen molar-refractivity contribution in [1.82, 2.24) is 19.8 Å². The molecule has 2 N–H and O–H groups in total. The van der Waals surface area contributed by atoms with Crippen LogP contribution in [-0.2, 0) is 14.8 Å². The van der Waals surface area contributed by atoms with Crippen molar-refractivity contribution in [2.45, 2.75) is 37.3 Å². The number of carbonyl (C=O) groups excluding carboxylic acids is 2. The van der Waals surface area contributed by atoms with Gasteiger partial charge in [0, 0.05) is 43.7 Å². The second-order valence-electron chi connectivity index (χ2n) is 9.80. The number of hydrogen-bond acceptors (Lipinski definition) is 6. The first-order valence-corrected chi connectivity index (χ1v) is 14.5. The van der Waals surface area contributed by atoms with Crippen LogP contribution in [0.1, 0.15) is 46.7 Å². The number of sulfonamides is 1. The Morgan fingerprint density at radius 3 is 2.34 bits per heavy atom. The van der Waals surface area contributed by atoms with E-state index in [-0.39, 0.29) is 37.9 Å². The first kappa shape index (κ1) is 27.7. The van der Waals surface area contributed by atoms with Gasteiger partial charge in [0.25, 0.3) is 5.91 Å². The molecule has 0 spiro atoms. The predicted molar refractivity (Wildman–Crippen MR) is 140 cm³/mol. The molecule has 3 atom stereocenters. The van der Waals surface area contributed by atoms with Gasteiger partial charge in [-0.3, -0.25) is 9.59 Å². The third kappa shape index (κ3) is 7.16. The zero-order chi connectivity index (χ0) is 27.3. The zero-order valence-corrected chi connectivity index (χ0v) is 22.1. The van der Waals surface area contributed by atoms with E-state index in [1.807, 2.05) is 6.07 Å². The van der Waals surface area contributed by atoms with Gasteiger partial charge in [-0.25, -0.2) is 12.8 Å². The van der Waals surface area contributed by atoms with E-state index >= 15 is 0 Å². The van der Waals surface area contributed by atoms with Crippen LogP contribution in [0.15, 0.2) is 48.5 Å². The second-order valence-corrected chi connectivity index (χ2v) is 11.8. The van der Waals surface area contributed by atoms with Gasteiger partial charge in [0.1, 0.15) is 11.9 Å². The average Bonchev–Trinajstić information content (AvgIpc) is 3.69. The Kier molecular flexibility index (Phi) is 8.76. The van der Waals surface area contributed by atoms with Crippen molar-refractivity contribution in [1.29, 1.82) is 5.26 Å². The van der Waals surface area contributed by atoms with Crippen LogP contribution in [-0.4, -0.2) is 80.5 Å². The number of rotatable bonds is 10. The molecular formula is C27H32FN5O4S. The van der Waals surface area contributed by atoms with Crippen LogP contribution >= 0.6 is 0 Å². The molecule has 1 saturated carbocycles. The number of nitrogens with one attached hydrogen (secondary N) is 2. The molecule has 38 heavy (non-hydrogen) atoms. The van der Waals surface area contributed by atoms with Crippen LogP contribution in [0.5, 0.6) is 0 Å². The highest BCUT2D eigenvalue weighted by atomic mass is 32.2. The largest absolute Gasteiger partial charge is 0.340 e. The Balaban J connectivity index is 1.33. The smallest absolute Gasteiger partial charge is 0.251 e. The topological polar surface area (TPSA) is 123 Å². The lowest BCUT2D eigenvalue weighted by Gasteiger charge is -2.35. The van der Waals surface area contributed by atoms with Crippen LogP contribution in [0.4, 0.5) is 4.39 Å². The lowest BCUT2D eigenvalue weighted by molar-refractivity contribution is -0.134. The molecule has 2 aromatic rings. The summed E-state index contributed by atoms with van der Waals surface area (Å²) >= 11 is 0. The van der Waals surface area contributed by atoms with Crippen LogP contribution in [0, 0.1) is 17.1 Å². The van der Waals surface area contributed by atoms with E-state index in [1.54, 1.807) is 41.3 Å². The minimum Gasteiger partial charge on any atom is -0.340 e. The molecule has 11 heteroatoms. The van der Waals surface area contributed by atoms with E-state index in [4.69, 9.17) is 5.26 Å². The fourth-order valence-corrected chi connectivity index (χ4v) is 5.57. The van der Waals surface area contributed by atoms with Crippen molar-refractivity contribution in [2.24, 2.45) is 0 Å². The number of piperazine rings is 1. The van der Waals surface area contributed by atoms with Crippen LogP contribution in [0.2, 0.25) is 0 Å². The number of amides is 2. The molecule has 0 radical (unpaired) electrons. The van der Waals surface area contributed by atoms with Crippen molar-refractivity contribution >= 4 is 21.8 Å². The van der Waals surface area contributed by atoms with Gasteiger partial charge in [-0.15, -0.1) is 0 Å². The van der Waals surface area contributed by atoms with Gasteiger partial charge in [-0.05, 0) is 67.8 Å². The maximum atomic E-state index is 13.4. The van der Waals surface area contributed by atoms with Crippen molar-refractivity contribution < 1.29 is 22.4 Å². The number of benzene rings is 2. The molecule has 9 nitrogen and oxygen atoms in total. The molecule has 1 aliphatic heterocycles. The summed E-state index contributed by atoms with van der Waals surface area (Å²) in [7, 11) is -3.33. The van der Waals surface area contributed by atoms with Gasteiger partial charge in [0.2, 0.25) is 15.9 Å². The molecule has 0 bridgehead atoms. The number of carbonyl (C=O) groups is 2. The summed E-state index contributed by atoms with van der Waals surface area (Å²) in [6, 6.07) is 14.3. The van der Waals surface area contributed by atoms with E-state index in [0.29, 0.717) is 42.5 Å². The lowest BCUT2D eigenvalue weighted by atomic mass is 10.1. The van der Waals surface area contributed by atoms with Gasteiger partial charge in [0.05, 0.1) is 17.9 Å². The summed E-state index contributed by atoms with van der Waals surface area (Å²) in [4.78, 5) is 27.9. The third-order valence-corrected chi connectivity index (χ3v) is 8.37. The van der Waals surface area contributed by atoms with E-state index in [2.05, 4.69) is 10.6 Å². The van der Waals surface area contributed by atoms with Crippen LogP contribution in [0.3, 0.4) is 0 Å². The minimum absolute atomic E-state index is 0.217. The van der Waals surface area contributed by atoms with E-state index in [0.717, 1.165) is 18.2 Å². The molecule has 202 valence electrons. The lowest BCUT2D eigenvalue weighted by Crippen LogP contribution is -2.55. The molecule has 4 rings (SSSR count). The number of nitriles is 1. The molecule has 0 aromatic heterocycles. The Bertz CT molecular complexity index is 1290. The molecule has 2 aromatic carbocycles. The van der Waals surface area contributed by atoms with Gasteiger partial charge in [0.15, 0.2) is 0 Å². The highest BCUT2D eigenvalue weighted by Crippen LogP contribution is 2.40. The third-order valence-electron chi connectivity index (χ3n) is 7.06. The predicted octanol–water partition coefficient (Wildman–Crippen LogP) is 1.83. The number of nitrogens with zero attached hydrogens (tertiary/aromatic N) is 3. The summed E-state index contributed by atoms with van der Waals surface area (Å²) < 4.78 is 38.2. The Morgan fingerprint density at radius 1 is 1.08 bits per heavy atom. The van der Waals surface area contributed by atoms with E-state index in [1.165, 1.54) is 16.4 Å². The average molecular weight is 542 g/mol. The molecular weight excluding hydrogens is 509 g/mol. The maximum Gasteiger partial charge on any atom is 0.251 e. The SMILES string of the molecule is CS(=O)(=O)N1CCN(C(=O)[C@H](CCCN[C@@H]2C[C@H]2c2ccc(F)cc2)NC(=O)c2ccc(C#N)cc2)CC1. The molecule has 2 aliphatic rings. The summed E-state index contributed by atoms with van der Waals surface area (Å²) in [5.41, 5.74) is 1.88. The van der Waals surface area contributed by atoms with Crippen molar-refractivity contribution in [2.75, 3.05) is 39.0 Å². The number of halogens is 1. The molecule has 2 fully saturated rings. The first-order chi connectivity index (χ1) is 18.2. The molecule has 0 unspecified atom stereocenters. The van der Waals surface area contributed by atoms with Crippen molar-refractivity contribution in [3.8, 4) is 6.07 Å². The summed E-state index contributed by atoms with van der Waals surface area (Å²) in [5, 5.41) is 15.3. The highest BCUT2D eigenvalue weighted by Gasteiger charge is 2.38. The minimum atomic E-state index is -3.33. The monoisotopic (exact) mass is 541 g/mol. The summed E-state index contributed by atoms with van der Waals surface area (Å²) in [5.74, 6) is -0.560. The van der Waals surface area contributed by atoms with Crippen LogP contribution in [0.25, 0.3) is 0 Å². The molecule has 1 heterocycles. The Morgan fingerprint density at radius 2 is 1.74 bits per heavy atom. The van der Waals surface area contributed by atoms with Crippen molar-refractivity contribution in [3.05, 3.63) is 71.0 Å². The fraction of sp³-hybridized carbons (Fsp3) is 0.444. The molecule has 1 saturated heterocycles. The first-order valence-electron chi connectivity index (χ1n) is 12.7. The van der Waals surface area contributed by atoms with Gasteiger partial charge < -0.3 is 15.5 Å². The summed E-state index contributed by atoms with van der Waals surface area (Å²) in [6.07, 6.45) is 3.17. The Labute approximate surface area is 222 Å².